The van der Waals surface area contributed by atoms with Crippen LogP contribution in [0.25, 0.3) is 12.2 Å². The van der Waals surface area contributed by atoms with Crippen LogP contribution < -0.4 is 5.32 Å². The number of nitrogens with zero attached hydrogens (tertiary/aromatic N) is 1. The van der Waals surface area contributed by atoms with E-state index in [4.69, 9.17) is 0 Å². The highest BCUT2D eigenvalue weighted by atomic mass is 14.7. The number of hydrogen-bond donors (Lipinski definition) is 1. The van der Waals surface area contributed by atoms with Gasteiger partial charge in [0.25, 0.3) is 0 Å². The smallest absolute Gasteiger partial charge is 0.0273 e. The van der Waals surface area contributed by atoms with E-state index >= 15 is 0 Å². The summed E-state index contributed by atoms with van der Waals surface area (Å²) in [5.74, 6) is 0. The molecule has 0 fully saturated rings. The van der Waals surface area contributed by atoms with Crippen LogP contribution in [0.2, 0.25) is 0 Å². The molecule has 1 aromatic carbocycles. The summed E-state index contributed by atoms with van der Waals surface area (Å²) in [6.07, 6.45) is 7.77. The van der Waals surface area contributed by atoms with Crippen molar-refractivity contribution in [1.82, 2.24) is 10.3 Å². The number of pyridine rings is 1. The fraction of sp³-hybridized carbons (Fsp3) is 0.133. The van der Waals surface area contributed by atoms with E-state index in [1.165, 1.54) is 11.1 Å². The van der Waals surface area contributed by atoms with Crippen molar-refractivity contribution in [3.05, 3.63) is 66.0 Å². The van der Waals surface area contributed by atoms with Gasteiger partial charge in [0.1, 0.15) is 0 Å². The predicted molar refractivity (Wildman–Crippen MR) is 74.6 cm³/mol. The lowest BCUT2D eigenvalue weighted by atomic mass is 10.2. The molecule has 0 bridgehead atoms. The molecule has 2 nitrogen and oxygen atoms in total. The Morgan fingerprint density at radius 3 is 1.82 bits per heavy atom. The number of aromatic nitrogens is 1. The Balaban J connectivity index is 0.000000437. The molecule has 0 atom stereocenters. The van der Waals surface area contributed by atoms with E-state index in [1.807, 2.05) is 44.4 Å². The van der Waals surface area contributed by atoms with E-state index in [2.05, 4.69) is 34.6 Å². The molecule has 17 heavy (non-hydrogen) atoms. The van der Waals surface area contributed by atoms with Gasteiger partial charge in [-0.05, 0) is 37.4 Å². The lowest BCUT2D eigenvalue weighted by molar-refractivity contribution is 1.02. The highest BCUT2D eigenvalue weighted by Crippen LogP contribution is 2.06. The van der Waals surface area contributed by atoms with Gasteiger partial charge < -0.3 is 5.32 Å². The Hall–Kier alpha value is -1.93. The van der Waals surface area contributed by atoms with Gasteiger partial charge in [-0.1, -0.05) is 42.5 Å². The summed E-state index contributed by atoms with van der Waals surface area (Å²) >= 11 is 0. The van der Waals surface area contributed by atoms with Crippen molar-refractivity contribution in [2.75, 3.05) is 14.1 Å². The molecule has 0 aliphatic rings. The maximum absolute atomic E-state index is 3.97. The van der Waals surface area contributed by atoms with Gasteiger partial charge in [0, 0.05) is 12.4 Å². The SMILES string of the molecule is C(=Cc1ccncc1)c1ccccc1.CNC. The molecule has 1 heterocycles. The quantitative estimate of drug-likeness (QED) is 0.851. The summed E-state index contributed by atoms with van der Waals surface area (Å²) in [4.78, 5) is 3.97. The van der Waals surface area contributed by atoms with Crippen molar-refractivity contribution in [2.45, 2.75) is 0 Å². The Morgan fingerprint density at radius 2 is 1.29 bits per heavy atom. The summed E-state index contributed by atoms with van der Waals surface area (Å²) in [6, 6.07) is 14.2. The van der Waals surface area contributed by atoms with E-state index in [1.54, 1.807) is 12.4 Å². The van der Waals surface area contributed by atoms with Gasteiger partial charge in [-0.2, -0.15) is 0 Å². The monoisotopic (exact) mass is 226 g/mol. The molecule has 2 heteroatoms. The Kier molecular flexibility index (Phi) is 6.37. The lowest BCUT2D eigenvalue weighted by Gasteiger charge is -1.92. The average molecular weight is 226 g/mol. The van der Waals surface area contributed by atoms with Crippen molar-refractivity contribution < 1.29 is 0 Å². The van der Waals surface area contributed by atoms with Crippen LogP contribution in [-0.2, 0) is 0 Å². The number of benzene rings is 1. The summed E-state index contributed by atoms with van der Waals surface area (Å²) < 4.78 is 0. The fourth-order valence-corrected chi connectivity index (χ4v) is 1.23. The Bertz CT molecular complexity index is 380. The normalized spacial score (nSPS) is 9.76. The first kappa shape index (κ1) is 13.1. The second-order valence-corrected chi connectivity index (χ2v) is 3.52. The van der Waals surface area contributed by atoms with Gasteiger partial charge in [0.2, 0.25) is 0 Å². The van der Waals surface area contributed by atoms with Crippen molar-refractivity contribution in [3.63, 3.8) is 0 Å². The molecule has 0 spiro atoms. The molecule has 0 amide bonds. The molecule has 2 rings (SSSR count). The summed E-state index contributed by atoms with van der Waals surface area (Å²) in [6.45, 7) is 0. The van der Waals surface area contributed by atoms with E-state index in [0.29, 0.717) is 0 Å². The second-order valence-electron chi connectivity index (χ2n) is 3.52. The van der Waals surface area contributed by atoms with Crippen LogP contribution in [0.4, 0.5) is 0 Å². The third-order valence-electron chi connectivity index (χ3n) is 1.97. The molecule has 0 radical (unpaired) electrons. The fourth-order valence-electron chi connectivity index (χ4n) is 1.23. The third kappa shape index (κ3) is 5.64. The van der Waals surface area contributed by atoms with Crippen molar-refractivity contribution in [2.24, 2.45) is 0 Å². The summed E-state index contributed by atoms with van der Waals surface area (Å²) in [5.41, 5.74) is 2.38. The molecule has 1 N–H and O–H groups in total. The van der Waals surface area contributed by atoms with E-state index in [-0.39, 0.29) is 0 Å². The van der Waals surface area contributed by atoms with Gasteiger partial charge >= 0.3 is 0 Å². The molecule has 2 aromatic rings. The first-order valence-electron chi connectivity index (χ1n) is 5.58. The minimum atomic E-state index is 1.17. The maximum atomic E-state index is 3.97. The second kappa shape index (κ2) is 8.25. The highest BCUT2D eigenvalue weighted by Gasteiger charge is 1.84. The Labute approximate surface area is 103 Å². The molecule has 0 aliphatic carbocycles. The number of rotatable bonds is 2. The van der Waals surface area contributed by atoms with Crippen LogP contribution in [0.15, 0.2) is 54.9 Å². The van der Waals surface area contributed by atoms with Crippen LogP contribution in [0, 0.1) is 0 Å². The minimum Gasteiger partial charge on any atom is -0.323 e. The minimum absolute atomic E-state index is 1.17. The third-order valence-corrected chi connectivity index (χ3v) is 1.97. The lowest BCUT2D eigenvalue weighted by Crippen LogP contribution is -1.89. The molecule has 0 aliphatic heterocycles. The highest BCUT2D eigenvalue weighted by molar-refractivity contribution is 5.69. The molecule has 0 unspecified atom stereocenters. The van der Waals surface area contributed by atoms with Crippen LogP contribution >= 0.6 is 0 Å². The zero-order chi connectivity index (χ0) is 12.3. The van der Waals surface area contributed by atoms with Crippen LogP contribution in [0.5, 0.6) is 0 Å². The van der Waals surface area contributed by atoms with E-state index in [9.17, 15) is 0 Å². The number of hydrogen-bond acceptors (Lipinski definition) is 2. The molecular formula is C15H18N2. The van der Waals surface area contributed by atoms with Gasteiger partial charge in [0.05, 0.1) is 0 Å². The first-order valence-corrected chi connectivity index (χ1v) is 5.58. The van der Waals surface area contributed by atoms with Crippen molar-refractivity contribution >= 4 is 12.2 Å². The van der Waals surface area contributed by atoms with Gasteiger partial charge in [-0.25, -0.2) is 0 Å². The van der Waals surface area contributed by atoms with Gasteiger partial charge in [-0.3, -0.25) is 4.98 Å². The Morgan fingerprint density at radius 1 is 0.824 bits per heavy atom. The summed E-state index contributed by atoms with van der Waals surface area (Å²) in [5, 5.41) is 2.75. The topological polar surface area (TPSA) is 24.9 Å². The van der Waals surface area contributed by atoms with Gasteiger partial charge in [-0.15, -0.1) is 0 Å². The molecule has 0 saturated carbocycles. The largest absolute Gasteiger partial charge is 0.323 e. The molecular weight excluding hydrogens is 208 g/mol. The first-order chi connectivity index (χ1) is 8.36. The zero-order valence-electron chi connectivity index (χ0n) is 10.3. The van der Waals surface area contributed by atoms with Crippen LogP contribution in [-0.4, -0.2) is 19.1 Å². The molecule has 0 saturated heterocycles. The maximum Gasteiger partial charge on any atom is 0.0273 e. The van der Waals surface area contributed by atoms with Crippen molar-refractivity contribution in [1.29, 1.82) is 0 Å². The average Bonchev–Trinajstić information content (AvgIpc) is 2.40. The molecule has 1 aromatic heterocycles. The van der Waals surface area contributed by atoms with Crippen molar-refractivity contribution in [3.8, 4) is 0 Å². The van der Waals surface area contributed by atoms with E-state index in [0.717, 1.165) is 0 Å². The van der Waals surface area contributed by atoms with Crippen LogP contribution in [0.3, 0.4) is 0 Å². The zero-order valence-corrected chi connectivity index (χ0v) is 10.3. The predicted octanol–water partition coefficient (Wildman–Crippen LogP) is 3.09. The number of nitrogens with one attached hydrogen (secondary N) is 1. The van der Waals surface area contributed by atoms with E-state index < -0.39 is 0 Å². The molecule has 88 valence electrons. The standard InChI is InChI=1S/C13H11N.C2H7N/c1-2-4-12(5-3-1)6-7-13-8-10-14-11-9-13;1-3-2/h1-11H;3H,1-2H3. The van der Waals surface area contributed by atoms with Gasteiger partial charge in [0.15, 0.2) is 0 Å². The summed E-state index contributed by atoms with van der Waals surface area (Å²) in [7, 11) is 3.75. The van der Waals surface area contributed by atoms with Crippen LogP contribution in [0.1, 0.15) is 11.1 Å².